The van der Waals surface area contributed by atoms with Crippen molar-refractivity contribution >= 4 is 34.8 Å². The van der Waals surface area contributed by atoms with Gasteiger partial charge in [-0.1, -0.05) is 6.07 Å². The summed E-state index contributed by atoms with van der Waals surface area (Å²) in [5.41, 5.74) is -0.0847. The van der Waals surface area contributed by atoms with Crippen molar-refractivity contribution in [2.75, 3.05) is 5.32 Å². The summed E-state index contributed by atoms with van der Waals surface area (Å²) < 4.78 is 27.2. The molecule has 1 aromatic carbocycles. The number of anilines is 2. The molecule has 0 radical (unpaired) electrons. The first-order valence-electron chi connectivity index (χ1n) is 4.76. The molecule has 0 saturated carbocycles. The number of nitrogens with zero attached hydrogens (tertiary/aromatic N) is 3. The van der Waals surface area contributed by atoms with E-state index in [1.54, 1.807) is 0 Å². The van der Waals surface area contributed by atoms with Gasteiger partial charge in [-0.05, 0) is 41.8 Å². The average Bonchev–Trinajstić information content (AvgIpc) is 2.28. The van der Waals surface area contributed by atoms with Gasteiger partial charge in [0, 0.05) is 0 Å². The molecule has 0 aliphatic carbocycles. The number of nitrogens with one attached hydrogen (secondary N) is 1. The third-order valence-electron chi connectivity index (χ3n) is 2.10. The zero-order chi connectivity index (χ0) is 13.3. The standard InChI is InChI=1S/C10H6Cl2F2N4/c1-4-2-3-5(13)7(6(4)14)15-10-17-8(11)16-9(12)18-10/h2-3H,1H3,(H,15,16,17,18). The topological polar surface area (TPSA) is 50.7 Å². The Bertz CT molecular complexity index is 586. The molecule has 1 N–H and O–H groups in total. The highest BCUT2D eigenvalue weighted by Gasteiger charge is 2.13. The Morgan fingerprint density at radius 1 is 1.06 bits per heavy atom. The van der Waals surface area contributed by atoms with Crippen molar-refractivity contribution in [3.8, 4) is 0 Å². The lowest BCUT2D eigenvalue weighted by atomic mass is 10.2. The van der Waals surface area contributed by atoms with Gasteiger partial charge < -0.3 is 5.32 Å². The van der Waals surface area contributed by atoms with Crippen LogP contribution in [0.5, 0.6) is 0 Å². The summed E-state index contributed by atoms with van der Waals surface area (Å²) in [7, 11) is 0. The van der Waals surface area contributed by atoms with E-state index in [1.807, 2.05) is 0 Å². The molecule has 0 saturated heterocycles. The normalized spacial score (nSPS) is 10.5. The van der Waals surface area contributed by atoms with Crippen LogP contribution in [0.15, 0.2) is 12.1 Å². The van der Waals surface area contributed by atoms with Crippen LogP contribution in [0.25, 0.3) is 0 Å². The summed E-state index contributed by atoms with van der Waals surface area (Å²) >= 11 is 11.1. The Balaban J connectivity index is 2.42. The van der Waals surface area contributed by atoms with E-state index in [9.17, 15) is 8.78 Å². The van der Waals surface area contributed by atoms with E-state index in [0.29, 0.717) is 0 Å². The van der Waals surface area contributed by atoms with Gasteiger partial charge in [0.15, 0.2) is 5.82 Å². The predicted molar refractivity (Wildman–Crippen MR) is 64.2 cm³/mol. The van der Waals surface area contributed by atoms with Crippen molar-refractivity contribution in [3.63, 3.8) is 0 Å². The maximum Gasteiger partial charge on any atom is 0.232 e. The van der Waals surface area contributed by atoms with Crippen LogP contribution in [0.3, 0.4) is 0 Å². The summed E-state index contributed by atoms with van der Waals surface area (Å²) in [5, 5.41) is 2.03. The van der Waals surface area contributed by atoms with E-state index in [4.69, 9.17) is 23.2 Å². The van der Waals surface area contributed by atoms with Crippen molar-refractivity contribution in [1.29, 1.82) is 0 Å². The van der Waals surface area contributed by atoms with E-state index in [2.05, 4.69) is 20.3 Å². The smallest absolute Gasteiger partial charge is 0.232 e. The number of benzene rings is 1. The van der Waals surface area contributed by atoms with Gasteiger partial charge in [-0.3, -0.25) is 0 Å². The summed E-state index contributed by atoms with van der Waals surface area (Å²) in [6.07, 6.45) is 0. The highest BCUT2D eigenvalue weighted by atomic mass is 35.5. The lowest BCUT2D eigenvalue weighted by Crippen LogP contribution is -2.04. The Morgan fingerprint density at radius 2 is 1.67 bits per heavy atom. The molecule has 2 aromatic rings. The summed E-state index contributed by atoms with van der Waals surface area (Å²) in [4.78, 5) is 10.8. The van der Waals surface area contributed by atoms with Gasteiger partial charge in [0.2, 0.25) is 16.5 Å². The van der Waals surface area contributed by atoms with Crippen molar-refractivity contribution in [2.45, 2.75) is 6.92 Å². The minimum absolute atomic E-state index is 0.136. The van der Waals surface area contributed by atoms with E-state index >= 15 is 0 Å². The quantitative estimate of drug-likeness (QED) is 0.920. The molecule has 0 bridgehead atoms. The first kappa shape index (κ1) is 12.9. The number of aromatic nitrogens is 3. The van der Waals surface area contributed by atoms with Crippen LogP contribution in [0, 0.1) is 18.6 Å². The lowest BCUT2D eigenvalue weighted by molar-refractivity contribution is 0.584. The average molecular weight is 291 g/mol. The van der Waals surface area contributed by atoms with Gasteiger partial charge in [-0.2, -0.15) is 15.0 Å². The van der Waals surface area contributed by atoms with Crippen molar-refractivity contribution in [3.05, 3.63) is 39.9 Å². The maximum absolute atomic E-state index is 13.7. The van der Waals surface area contributed by atoms with Crippen LogP contribution in [0.2, 0.25) is 10.6 Å². The number of hydrogen-bond donors (Lipinski definition) is 1. The molecule has 18 heavy (non-hydrogen) atoms. The molecule has 8 heteroatoms. The minimum Gasteiger partial charge on any atom is -0.319 e. The first-order chi connectivity index (χ1) is 8.47. The van der Waals surface area contributed by atoms with Gasteiger partial charge >= 0.3 is 0 Å². The van der Waals surface area contributed by atoms with E-state index in [1.165, 1.54) is 13.0 Å². The second kappa shape index (κ2) is 4.99. The largest absolute Gasteiger partial charge is 0.319 e. The molecule has 0 aliphatic rings. The Labute approximate surface area is 111 Å². The molecule has 1 aromatic heterocycles. The van der Waals surface area contributed by atoms with Gasteiger partial charge in [-0.15, -0.1) is 0 Å². The molecule has 0 fully saturated rings. The molecule has 0 spiro atoms. The summed E-state index contributed by atoms with van der Waals surface area (Å²) in [5.74, 6) is -1.64. The van der Waals surface area contributed by atoms with Crippen molar-refractivity contribution < 1.29 is 8.78 Å². The van der Waals surface area contributed by atoms with E-state index in [0.717, 1.165) is 6.07 Å². The summed E-state index contributed by atoms with van der Waals surface area (Å²) in [6, 6.07) is 2.45. The molecule has 0 amide bonds. The fourth-order valence-corrected chi connectivity index (χ4v) is 1.63. The van der Waals surface area contributed by atoms with Gasteiger partial charge in [-0.25, -0.2) is 8.78 Å². The van der Waals surface area contributed by atoms with Crippen LogP contribution >= 0.6 is 23.2 Å². The van der Waals surface area contributed by atoms with Gasteiger partial charge in [0.05, 0.1) is 0 Å². The predicted octanol–water partition coefficient (Wildman–Crippen LogP) is 3.51. The molecule has 4 nitrogen and oxygen atoms in total. The first-order valence-corrected chi connectivity index (χ1v) is 5.51. The molecule has 0 unspecified atom stereocenters. The zero-order valence-electron chi connectivity index (χ0n) is 9.01. The molecular weight excluding hydrogens is 285 g/mol. The third kappa shape index (κ3) is 2.65. The van der Waals surface area contributed by atoms with Crippen molar-refractivity contribution in [2.24, 2.45) is 0 Å². The van der Waals surface area contributed by atoms with E-state index in [-0.39, 0.29) is 27.8 Å². The summed E-state index contributed by atoms with van der Waals surface area (Å²) in [6.45, 7) is 1.51. The molecule has 94 valence electrons. The van der Waals surface area contributed by atoms with Crippen LogP contribution in [0.4, 0.5) is 20.4 Å². The second-order valence-corrected chi connectivity index (χ2v) is 4.05. The number of hydrogen-bond acceptors (Lipinski definition) is 4. The second-order valence-electron chi connectivity index (χ2n) is 3.38. The monoisotopic (exact) mass is 290 g/mol. The lowest BCUT2D eigenvalue weighted by Gasteiger charge is -2.08. The fraction of sp³-hybridized carbons (Fsp3) is 0.100. The number of rotatable bonds is 2. The Kier molecular flexibility index (Phi) is 3.58. The van der Waals surface area contributed by atoms with Crippen LogP contribution in [0.1, 0.15) is 5.56 Å². The number of halogens is 4. The molecule has 0 aliphatic heterocycles. The molecular formula is C10H6Cl2F2N4. The van der Waals surface area contributed by atoms with E-state index < -0.39 is 11.6 Å². The van der Waals surface area contributed by atoms with Gasteiger partial charge in [0.1, 0.15) is 11.5 Å². The minimum atomic E-state index is -0.772. The Hall–Kier alpha value is -1.53. The molecule has 1 heterocycles. The number of aryl methyl sites for hydroxylation is 1. The highest BCUT2D eigenvalue weighted by molar-refractivity contribution is 6.31. The van der Waals surface area contributed by atoms with Crippen LogP contribution in [-0.4, -0.2) is 15.0 Å². The third-order valence-corrected chi connectivity index (χ3v) is 2.44. The van der Waals surface area contributed by atoms with Gasteiger partial charge in [0.25, 0.3) is 0 Å². The zero-order valence-corrected chi connectivity index (χ0v) is 10.5. The SMILES string of the molecule is Cc1ccc(F)c(Nc2nc(Cl)nc(Cl)n2)c1F. The molecule has 0 atom stereocenters. The highest BCUT2D eigenvalue weighted by Crippen LogP contribution is 2.24. The van der Waals surface area contributed by atoms with Crippen molar-refractivity contribution in [1.82, 2.24) is 15.0 Å². The van der Waals surface area contributed by atoms with Crippen LogP contribution in [-0.2, 0) is 0 Å². The Morgan fingerprint density at radius 3 is 2.28 bits per heavy atom. The molecule has 2 rings (SSSR count). The maximum atomic E-state index is 13.7. The fourth-order valence-electron chi connectivity index (χ4n) is 1.26. The van der Waals surface area contributed by atoms with Crippen LogP contribution < -0.4 is 5.32 Å².